The first-order valence-corrected chi connectivity index (χ1v) is 14.1. The molecule has 232 valence electrons. The Morgan fingerprint density at radius 2 is 1.80 bits per heavy atom. The number of carbonyl (C=O) groups excluding carboxylic acids is 1. The number of para-hydroxylation sites is 1. The van der Waals surface area contributed by atoms with E-state index in [0.29, 0.717) is 79.8 Å². The first-order chi connectivity index (χ1) is 21.2. The number of fused-ring (bicyclic) bond motifs is 1. The highest BCUT2D eigenvalue weighted by Crippen LogP contribution is 2.36. The predicted molar refractivity (Wildman–Crippen MR) is 162 cm³/mol. The van der Waals surface area contributed by atoms with Gasteiger partial charge in [0.25, 0.3) is 5.69 Å². The van der Waals surface area contributed by atoms with Crippen molar-refractivity contribution in [2.75, 3.05) is 68.6 Å². The third-order valence-corrected chi connectivity index (χ3v) is 7.72. The van der Waals surface area contributed by atoms with E-state index in [2.05, 4.69) is 20.2 Å². The van der Waals surface area contributed by atoms with Gasteiger partial charge in [-0.3, -0.25) is 24.8 Å². The van der Waals surface area contributed by atoms with E-state index in [0.717, 1.165) is 0 Å². The van der Waals surface area contributed by atoms with E-state index in [4.69, 9.17) is 9.47 Å². The number of nitrogens with one attached hydrogen (secondary N) is 1. The smallest absolute Gasteiger partial charge is 0.407 e. The molecule has 2 aromatic carbocycles. The number of amides is 3. The number of nitro groups is 1. The van der Waals surface area contributed by atoms with E-state index >= 15 is 0 Å². The van der Waals surface area contributed by atoms with Crippen molar-refractivity contribution in [1.82, 2.24) is 19.8 Å². The Bertz CT molecular complexity index is 1540. The molecule has 2 N–H and O–H groups in total. The van der Waals surface area contributed by atoms with E-state index < -0.39 is 11.0 Å². The van der Waals surface area contributed by atoms with Gasteiger partial charge in [-0.1, -0.05) is 12.1 Å². The van der Waals surface area contributed by atoms with Gasteiger partial charge >= 0.3 is 12.1 Å². The molecular weight excluding hydrogens is 572 g/mol. The Hall–Kier alpha value is -5.18. The number of urea groups is 1. The van der Waals surface area contributed by atoms with Gasteiger partial charge in [0, 0.05) is 68.7 Å². The van der Waals surface area contributed by atoms with Crippen LogP contribution in [0, 0.1) is 17.0 Å². The summed E-state index contributed by atoms with van der Waals surface area (Å²) in [7, 11) is 3.07. The van der Waals surface area contributed by atoms with Gasteiger partial charge in [0.1, 0.15) is 23.0 Å². The lowest BCUT2D eigenvalue weighted by Crippen LogP contribution is -2.50. The average Bonchev–Trinajstić information content (AvgIpc) is 3.02. The summed E-state index contributed by atoms with van der Waals surface area (Å²) in [6, 6.07) is 9.67. The van der Waals surface area contributed by atoms with Gasteiger partial charge < -0.3 is 24.8 Å². The van der Waals surface area contributed by atoms with E-state index in [1.165, 1.54) is 25.2 Å². The second-order valence-corrected chi connectivity index (χ2v) is 10.4. The monoisotopic (exact) mass is 606 g/mol. The van der Waals surface area contributed by atoms with Crippen LogP contribution in [0.5, 0.6) is 11.5 Å². The van der Waals surface area contributed by atoms with Crippen molar-refractivity contribution in [3.63, 3.8) is 0 Å². The van der Waals surface area contributed by atoms with Crippen LogP contribution in [0.4, 0.5) is 38.4 Å². The number of nitrogens with zero attached hydrogens (tertiary/aromatic N) is 7. The Kier molecular flexibility index (Phi) is 8.94. The van der Waals surface area contributed by atoms with Gasteiger partial charge in [-0.25, -0.2) is 14.6 Å². The van der Waals surface area contributed by atoms with Gasteiger partial charge in [0.15, 0.2) is 0 Å². The van der Waals surface area contributed by atoms with E-state index in [-0.39, 0.29) is 29.9 Å². The molecule has 3 aromatic rings. The number of methoxy groups -OCH3 is 2. The van der Waals surface area contributed by atoms with Crippen molar-refractivity contribution < 1.29 is 29.1 Å². The Balaban J connectivity index is 1.43. The van der Waals surface area contributed by atoms with Crippen LogP contribution < -0.4 is 24.6 Å². The molecule has 44 heavy (non-hydrogen) atoms. The molecule has 0 bridgehead atoms. The number of hydrogen-bond donors (Lipinski definition) is 2. The highest BCUT2D eigenvalue weighted by Gasteiger charge is 2.34. The molecule has 15 heteroatoms. The summed E-state index contributed by atoms with van der Waals surface area (Å²) in [5, 5.41) is 23.9. The van der Waals surface area contributed by atoms with Gasteiger partial charge in [0.05, 0.1) is 31.4 Å². The van der Waals surface area contributed by atoms with Gasteiger partial charge in [-0.2, -0.15) is 4.98 Å². The largest absolute Gasteiger partial charge is 0.497 e. The minimum atomic E-state index is -0.922. The number of benzene rings is 2. The lowest BCUT2D eigenvalue weighted by atomic mass is 10.1. The van der Waals surface area contributed by atoms with E-state index in [9.17, 15) is 24.8 Å². The van der Waals surface area contributed by atoms with Gasteiger partial charge in [-0.05, 0) is 25.5 Å². The Morgan fingerprint density at radius 1 is 1.09 bits per heavy atom. The quantitative estimate of drug-likeness (QED) is 0.252. The molecule has 0 spiro atoms. The molecule has 3 heterocycles. The lowest BCUT2D eigenvalue weighted by molar-refractivity contribution is -0.384. The summed E-state index contributed by atoms with van der Waals surface area (Å²) in [6.45, 7) is 4.99. The molecule has 0 atom stereocenters. The van der Waals surface area contributed by atoms with Crippen LogP contribution in [0.2, 0.25) is 0 Å². The number of piperazine rings is 1. The fourth-order valence-corrected chi connectivity index (χ4v) is 5.32. The first-order valence-electron chi connectivity index (χ1n) is 14.1. The maximum Gasteiger partial charge on any atom is 0.407 e. The van der Waals surface area contributed by atoms with E-state index in [1.807, 2.05) is 0 Å². The topological polar surface area (TPSA) is 167 Å². The summed E-state index contributed by atoms with van der Waals surface area (Å²) >= 11 is 0. The highest BCUT2D eigenvalue weighted by molar-refractivity contribution is 6.05. The second-order valence-electron chi connectivity index (χ2n) is 10.4. The average molecular weight is 607 g/mol. The number of aryl methyl sites for hydroxylation is 1. The highest BCUT2D eigenvalue weighted by atomic mass is 16.6. The maximum absolute atomic E-state index is 14.1. The second kappa shape index (κ2) is 13.0. The molecular formula is C29H34N8O7. The van der Waals surface area contributed by atoms with Crippen molar-refractivity contribution in [2.24, 2.45) is 0 Å². The SMILES string of the molecule is COc1cc(OC)cc(N2Cc3cnc(Nc4c(C)cccc4[N+](=O)[O-])nc3N(CCCN3CCN(C(=O)O)CC3)C2=O)c1. The van der Waals surface area contributed by atoms with Crippen LogP contribution in [0.1, 0.15) is 17.5 Å². The fourth-order valence-electron chi connectivity index (χ4n) is 5.32. The van der Waals surface area contributed by atoms with Crippen molar-refractivity contribution in [2.45, 2.75) is 19.9 Å². The summed E-state index contributed by atoms with van der Waals surface area (Å²) in [5.74, 6) is 1.59. The molecule has 1 saturated heterocycles. The summed E-state index contributed by atoms with van der Waals surface area (Å²) in [5.41, 5.74) is 2.07. The zero-order valence-electron chi connectivity index (χ0n) is 24.7. The summed E-state index contributed by atoms with van der Waals surface area (Å²) < 4.78 is 10.8. The fraction of sp³-hybridized carbons (Fsp3) is 0.379. The summed E-state index contributed by atoms with van der Waals surface area (Å²) in [4.78, 5) is 52.4. The molecule has 0 aliphatic carbocycles. The maximum atomic E-state index is 14.1. The minimum Gasteiger partial charge on any atom is -0.497 e. The number of carbonyl (C=O) groups is 2. The van der Waals surface area contributed by atoms with Crippen molar-refractivity contribution in [3.05, 3.63) is 63.8 Å². The van der Waals surface area contributed by atoms with Crippen molar-refractivity contribution >= 4 is 41.0 Å². The molecule has 5 rings (SSSR count). The van der Waals surface area contributed by atoms with Gasteiger partial charge in [-0.15, -0.1) is 0 Å². The normalized spacial score (nSPS) is 15.2. The molecule has 0 radical (unpaired) electrons. The van der Waals surface area contributed by atoms with Gasteiger partial charge in [0.2, 0.25) is 5.95 Å². The van der Waals surface area contributed by atoms with Crippen molar-refractivity contribution in [3.8, 4) is 11.5 Å². The molecule has 0 unspecified atom stereocenters. The Morgan fingerprint density at radius 3 is 2.43 bits per heavy atom. The van der Waals surface area contributed by atoms with Crippen LogP contribution in [0.25, 0.3) is 0 Å². The number of ether oxygens (including phenoxy) is 2. The number of anilines is 4. The van der Waals surface area contributed by atoms with Crippen LogP contribution in [0.3, 0.4) is 0 Å². The molecule has 0 saturated carbocycles. The van der Waals surface area contributed by atoms with Crippen LogP contribution in [-0.2, 0) is 6.54 Å². The number of rotatable bonds is 10. The zero-order valence-corrected chi connectivity index (χ0v) is 24.7. The molecule has 2 aliphatic rings. The van der Waals surface area contributed by atoms with Crippen LogP contribution >= 0.6 is 0 Å². The molecule has 15 nitrogen and oxygen atoms in total. The Labute approximate surface area is 253 Å². The predicted octanol–water partition coefficient (Wildman–Crippen LogP) is 4.09. The minimum absolute atomic E-state index is 0.111. The standard InChI is InChI=1S/C29H34N8O7/c1-19-6-4-7-24(37(41)42)25(19)31-27-30-17-20-18-36(21-14-22(43-2)16-23(15-21)44-3)28(38)35(26(20)32-27)9-5-8-33-10-12-34(13-11-33)29(39)40/h4,6-7,14-17H,5,8-13,18H2,1-3H3,(H,39,40)(H,30,31,32). The van der Waals surface area contributed by atoms with E-state index in [1.54, 1.807) is 53.3 Å². The van der Waals surface area contributed by atoms with Crippen molar-refractivity contribution in [1.29, 1.82) is 0 Å². The zero-order chi connectivity index (χ0) is 31.4. The van der Waals surface area contributed by atoms with Crippen LogP contribution in [0.15, 0.2) is 42.6 Å². The summed E-state index contributed by atoms with van der Waals surface area (Å²) in [6.07, 6.45) is 1.29. The molecule has 2 aliphatic heterocycles. The number of nitro benzene ring substituents is 1. The molecule has 1 fully saturated rings. The number of hydrogen-bond acceptors (Lipinski definition) is 10. The first kappa shape index (κ1) is 30.3. The third-order valence-electron chi connectivity index (χ3n) is 7.72. The number of aromatic nitrogens is 2. The molecule has 3 amide bonds. The van der Waals surface area contributed by atoms with Crippen LogP contribution in [-0.4, -0.2) is 95.4 Å². The lowest BCUT2D eigenvalue weighted by Gasteiger charge is -2.37. The third kappa shape index (κ3) is 6.41. The number of carboxylic acid groups (broad SMARTS) is 1. The molecule has 1 aromatic heterocycles.